The van der Waals surface area contributed by atoms with Gasteiger partial charge in [0.05, 0.1) is 0 Å². The molecule has 1 fully saturated rings. The first-order valence-electron chi connectivity index (χ1n) is 7.09. The fraction of sp³-hybridized carbons (Fsp3) is 0.562. The molecule has 2 rings (SSSR count). The molecule has 2 nitrogen and oxygen atoms in total. The van der Waals surface area contributed by atoms with Crippen LogP contribution in [0.4, 0.5) is 0 Å². The monoisotopic (exact) mass is 245 g/mol. The lowest BCUT2D eigenvalue weighted by Gasteiger charge is -2.38. The van der Waals surface area contributed by atoms with Crippen LogP contribution in [0.1, 0.15) is 51.0 Å². The second-order valence-electron chi connectivity index (χ2n) is 5.34. The van der Waals surface area contributed by atoms with Crippen LogP contribution in [0.3, 0.4) is 0 Å². The van der Waals surface area contributed by atoms with E-state index in [0.717, 1.165) is 6.54 Å². The van der Waals surface area contributed by atoms with Gasteiger partial charge in [-0.25, -0.2) is 0 Å². The molecule has 0 saturated heterocycles. The third-order valence-electron chi connectivity index (χ3n) is 4.14. The molecule has 1 aromatic carbocycles. The van der Waals surface area contributed by atoms with Crippen molar-refractivity contribution in [3.63, 3.8) is 0 Å². The van der Waals surface area contributed by atoms with Gasteiger partial charge in [-0.05, 0) is 18.4 Å². The maximum Gasteiger partial charge on any atom is 0.219 e. The lowest BCUT2D eigenvalue weighted by atomic mass is 9.69. The Labute approximate surface area is 110 Å². The number of benzene rings is 1. The van der Waals surface area contributed by atoms with Crippen LogP contribution >= 0.6 is 0 Å². The van der Waals surface area contributed by atoms with Crippen LogP contribution < -0.4 is 5.32 Å². The van der Waals surface area contributed by atoms with Gasteiger partial charge in [0.15, 0.2) is 0 Å². The summed E-state index contributed by atoms with van der Waals surface area (Å²) >= 11 is 0. The molecule has 0 aliphatic heterocycles. The van der Waals surface area contributed by atoms with E-state index in [1.54, 1.807) is 0 Å². The van der Waals surface area contributed by atoms with E-state index < -0.39 is 0 Å². The van der Waals surface area contributed by atoms with E-state index in [1.807, 2.05) is 6.92 Å². The van der Waals surface area contributed by atoms with Crippen LogP contribution in [0.2, 0.25) is 0 Å². The number of carbonyl (C=O) groups excluding carboxylic acids is 1. The van der Waals surface area contributed by atoms with Crippen molar-refractivity contribution in [1.29, 1.82) is 0 Å². The third kappa shape index (κ3) is 2.92. The highest BCUT2D eigenvalue weighted by Crippen LogP contribution is 2.38. The summed E-state index contributed by atoms with van der Waals surface area (Å²) < 4.78 is 0. The summed E-state index contributed by atoms with van der Waals surface area (Å²) in [6.45, 7) is 2.70. The van der Waals surface area contributed by atoms with Gasteiger partial charge in [-0.2, -0.15) is 0 Å². The summed E-state index contributed by atoms with van der Waals surface area (Å²) in [6.07, 6.45) is 6.84. The van der Waals surface area contributed by atoms with Gasteiger partial charge in [0.25, 0.3) is 0 Å². The molecule has 98 valence electrons. The van der Waals surface area contributed by atoms with Gasteiger partial charge in [-0.1, -0.05) is 56.5 Å². The molecule has 0 bridgehead atoms. The molecule has 0 heterocycles. The van der Waals surface area contributed by atoms with Crippen molar-refractivity contribution in [2.45, 2.75) is 50.9 Å². The fourth-order valence-corrected chi connectivity index (χ4v) is 2.98. The van der Waals surface area contributed by atoms with Gasteiger partial charge in [0.2, 0.25) is 5.91 Å². The maximum atomic E-state index is 11.5. The van der Waals surface area contributed by atoms with Gasteiger partial charge < -0.3 is 5.32 Å². The van der Waals surface area contributed by atoms with Crippen LogP contribution in [0.5, 0.6) is 0 Å². The molecule has 0 radical (unpaired) electrons. The first kappa shape index (κ1) is 13.1. The molecular formula is C16H23NO. The molecule has 2 heteroatoms. The van der Waals surface area contributed by atoms with Gasteiger partial charge in [-0.15, -0.1) is 0 Å². The van der Waals surface area contributed by atoms with E-state index in [9.17, 15) is 4.79 Å². The lowest BCUT2D eigenvalue weighted by molar-refractivity contribution is -0.121. The van der Waals surface area contributed by atoms with Crippen molar-refractivity contribution in [1.82, 2.24) is 5.32 Å². The molecule has 0 aromatic heterocycles. The normalized spacial score (nSPS) is 18.3. The zero-order chi connectivity index (χ0) is 12.8. The van der Waals surface area contributed by atoms with Crippen molar-refractivity contribution < 1.29 is 4.79 Å². The smallest absolute Gasteiger partial charge is 0.219 e. The molecule has 1 N–H and O–H groups in total. The molecule has 0 spiro atoms. The SMILES string of the molecule is CCC(=O)NCC1(c2ccccc2)CCCCC1. The van der Waals surface area contributed by atoms with E-state index in [2.05, 4.69) is 35.6 Å². The number of amides is 1. The average molecular weight is 245 g/mol. The molecule has 1 amide bonds. The highest BCUT2D eigenvalue weighted by atomic mass is 16.1. The summed E-state index contributed by atoms with van der Waals surface area (Å²) in [4.78, 5) is 11.5. The lowest BCUT2D eigenvalue weighted by Crippen LogP contribution is -2.42. The number of nitrogens with one attached hydrogen (secondary N) is 1. The van der Waals surface area contributed by atoms with E-state index in [1.165, 1.54) is 37.7 Å². The fourth-order valence-electron chi connectivity index (χ4n) is 2.98. The Morgan fingerprint density at radius 1 is 1.17 bits per heavy atom. The van der Waals surface area contributed by atoms with Crippen molar-refractivity contribution >= 4 is 5.91 Å². The Bertz CT molecular complexity index is 379. The molecule has 1 aliphatic carbocycles. The van der Waals surface area contributed by atoms with Gasteiger partial charge in [0, 0.05) is 18.4 Å². The molecule has 1 aliphatic rings. The van der Waals surface area contributed by atoms with Crippen LogP contribution in [0, 0.1) is 0 Å². The minimum Gasteiger partial charge on any atom is -0.355 e. The highest BCUT2D eigenvalue weighted by Gasteiger charge is 2.33. The summed E-state index contributed by atoms with van der Waals surface area (Å²) in [5, 5.41) is 3.10. The minimum atomic E-state index is 0.163. The molecule has 18 heavy (non-hydrogen) atoms. The summed E-state index contributed by atoms with van der Waals surface area (Å²) in [6, 6.07) is 10.7. The summed E-state index contributed by atoms with van der Waals surface area (Å²) in [7, 11) is 0. The Kier molecular flexibility index (Phi) is 4.40. The Balaban J connectivity index is 2.15. The Hall–Kier alpha value is -1.31. The molecule has 1 saturated carbocycles. The summed E-state index contributed by atoms with van der Waals surface area (Å²) in [5.74, 6) is 0.163. The van der Waals surface area contributed by atoms with Crippen molar-refractivity contribution in [3.05, 3.63) is 35.9 Å². The van der Waals surface area contributed by atoms with Crippen LogP contribution in [-0.2, 0) is 10.2 Å². The van der Waals surface area contributed by atoms with Crippen molar-refractivity contribution in [2.24, 2.45) is 0 Å². The Morgan fingerprint density at radius 3 is 2.44 bits per heavy atom. The van der Waals surface area contributed by atoms with E-state index in [0.29, 0.717) is 6.42 Å². The van der Waals surface area contributed by atoms with Crippen LogP contribution in [0.25, 0.3) is 0 Å². The first-order valence-corrected chi connectivity index (χ1v) is 7.09. The van der Waals surface area contributed by atoms with Crippen molar-refractivity contribution in [3.8, 4) is 0 Å². The zero-order valence-electron chi connectivity index (χ0n) is 11.2. The standard InChI is InChI=1S/C16H23NO/c1-2-15(18)17-13-16(11-7-4-8-12-16)14-9-5-3-6-10-14/h3,5-6,9-10H,2,4,7-8,11-13H2,1H3,(H,17,18). The van der Waals surface area contributed by atoms with E-state index in [-0.39, 0.29) is 11.3 Å². The second-order valence-corrected chi connectivity index (χ2v) is 5.34. The van der Waals surface area contributed by atoms with Crippen molar-refractivity contribution in [2.75, 3.05) is 6.54 Å². The maximum absolute atomic E-state index is 11.5. The van der Waals surface area contributed by atoms with Crippen LogP contribution in [-0.4, -0.2) is 12.5 Å². The van der Waals surface area contributed by atoms with Gasteiger partial charge >= 0.3 is 0 Å². The average Bonchev–Trinajstić information content (AvgIpc) is 2.46. The number of hydrogen-bond acceptors (Lipinski definition) is 1. The van der Waals surface area contributed by atoms with E-state index in [4.69, 9.17) is 0 Å². The molecular weight excluding hydrogens is 222 g/mol. The third-order valence-corrected chi connectivity index (χ3v) is 4.14. The second kappa shape index (κ2) is 6.03. The van der Waals surface area contributed by atoms with E-state index >= 15 is 0 Å². The number of rotatable bonds is 4. The van der Waals surface area contributed by atoms with Crippen LogP contribution in [0.15, 0.2) is 30.3 Å². The first-order chi connectivity index (χ1) is 8.77. The predicted octanol–water partition coefficient (Wildman–Crippen LogP) is 3.41. The number of hydrogen-bond donors (Lipinski definition) is 1. The zero-order valence-corrected chi connectivity index (χ0v) is 11.2. The molecule has 0 atom stereocenters. The molecule has 1 aromatic rings. The quantitative estimate of drug-likeness (QED) is 0.865. The summed E-state index contributed by atoms with van der Waals surface area (Å²) in [5.41, 5.74) is 1.56. The van der Waals surface area contributed by atoms with Gasteiger partial charge in [0.1, 0.15) is 0 Å². The highest BCUT2D eigenvalue weighted by molar-refractivity contribution is 5.75. The Morgan fingerprint density at radius 2 is 1.83 bits per heavy atom. The predicted molar refractivity (Wildman–Crippen MR) is 74.5 cm³/mol. The topological polar surface area (TPSA) is 29.1 Å². The largest absolute Gasteiger partial charge is 0.355 e. The molecule has 0 unspecified atom stereocenters. The van der Waals surface area contributed by atoms with Gasteiger partial charge in [-0.3, -0.25) is 4.79 Å². The number of carbonyl (C=O) groups is 1. The minimum absolute atomic E-state index is 0.163.